The fourth-order valence-electron chi connectivity index (χ4n) is 2.15. The molecule has 0 aliphatic rings. The van der Waals surface area contributed by atoms with E-state index in [9.17, 15) is 4.79 Å². The minimum absolute atomic E-state index is 0.00306. The number of carbonyl (C=O) groups is 1. The molecule has 0 spiro atoms. The van der Waals surface area contributed by atoms with Crippen molar-refractivity contribution in [3.8, 4) is 11.8 Å². The second-order valence-corrected chi connectivity index (χ2v) is 5.23. The third-order valence-corrected chi connectivity index (χ3v) is 3.36. The van der Waals surface area contributed by atoms with Crippen molar-refractivity contribution in [3.05, 3.63) is 35.4 Å². The van der Waals surface area contributed by atoms with Gasteiger partial charge in [-0.3, -0.25) is 4.79 Å². The lowest BCUT2D eigenvalue weighted by atomic mass is 10.0. The first-order valence-electron chi connectivity index (χ1n) is 7.75. The number of unbranched alkanes of at least 4 members (excludes halogenated alkanes) is 3. The van der Waals surface area contributed by atoms with Crippen LogP contribution >= 0.6 is 0 Å². The van der Waals surface area contributed by atoms with E-state index in [0.29, 0.717) is 13.0 Å². The van der Waals surface area contributed by atoms with Gasteiger partial charge in [0.25, 0.3) is 0 Å². The van der Waals surface area contributed by atoms with E-state index >= 15 is 0 Å². The summed E-state index contributed by atoms with van der Waals surface area (Å²) in [5.74, 6) is 5.98. The first-order valence-corrected chi connectivity index (χ1v) is 7.75. The number of hydrogen-bond acceptors (Lipinski definition) is 2. The van der Waals surface area contributed by atoms with E-state index in [2.05, 4.69) is 24.1 Å². The van der Waals surface area contributed by atoms with Gasteiger partial charge in [-0.1, -0.05) is 50.2 Å². The topological polar surface area (TPSA) is 55.1 Å². The Morgan fingerprint density at radius 3 is 2.86 bits per heavy atom. The van der Waals surface area contributed by atoms with Crippen LogP contribution < -0.4 is 11.1 Å². The van der Waals surface area contributed by atoms with Crippen molar-refractivity contribution in [2.24, 2.45) is 5.73 Å². The zero-order valence-electron chi connectivity index (χ0n) is 13.1. The second-order valence-electron chi connectivity index (χ2n) is 5.23. The van der Waals surface area contributed by atoms with E-state index in [0.717, 1.165) is 24.0 Å². The summed E-state index contributed by atoms with van der Waals surface area (Å²) in [6, 6.07) is 7.93. The highest BCUT2D eigenvalue weighted by molar-refractivity contribution is 5.76. The van der Waals surface area contributed by atoms with Crippen LogP contribution in [0.5, 0.6) is 0 Å². The zero-order chi connectivity index (χ0) is 15.5. The van der Waals surface area contributed by atoms with Crippen LogP contribution in [0.1, 0.15) is 63.1 Å². The molecule has 3 nitrogen and oxygen atoms in total. The lowest BCUT2D eigenvalue weighted by Gasteiger charge is -2.14. The SMILES string of the molecule is CCCCCCC(=O)NC(C)c1cccc(C#CCN)c1. The molecule has 0 aliphatic carbocycles. The van der Waals surface area contributed by atoms with Crippen molar-refractivity contribution in [1.29, 1.82) is 0 Å². The highest BCUT2D eigenvalue weighted by atomic mass is 16.1. The number of amides is 1. The average molecular weight is 286 g/mol. The summed E-state index contributed by atoms with van der Waals surface area (Å²) in [7, 11) is 0. The number of rotatable bonds is 7. The van der Waals surface area contributed by atoms with Gasteiger partial charge in [-0.05, 0) is 31.0 Å². The Hall–Kier alpha value is -1.79. The van der Waals surface area contributed by atoms with Crippen LogP contribution in [-0.4, -0.2) is 12.5 Å². The van der Waals surface area contributed by atoms with Gasteiger partial charge >= 0.3 is 0 Å². The highest BCUT2D eigenvalue weighted by Gasteiger charge is 2.09. The van der Waals surface area contributed by atoms with Crippen LogP contribution in [0.2, 0.25) is 0 Å². The quantitative estimate of drug-likeness (QED) is 0.597. The largest absolute Gasteiger partial charge is 0.350 e. The molecule has 0 bridgehead atoms. The molecule has 0 aromatic heterocycles. The Labute approximate surface area is 128 Å². The molecule has 1 aromatic rings. The summed E-state index contributed by atoms with van der Waals surface area (Å²) < 4.78 is 0. The Morgan fingerprint density at radius 1 is 1.33 bits per heavy atom. The van der Waals surface area contributed by atoms with E-state index in [1.807, 2.05) is 31.2 Å². The van der Waals surface area contributed by atoms with E-state index in [4.69, 9.17) is 5.73 Å². The number of benzene rings is 1. The van der Waals surface area contributed by atoms with E-state index in [-0.39, 0.29) is 11.9 Å². The minimum atomic E-state index is 0.00306. The molecule has 1 unspecified atom stereocenters. The summed E-state index contributed by atoms with van der Waals surface area (Å²) in [4.78, 5) is 11.9. The van der Waals surface area contributed by atoms with Crippen molar-refractivity contribution < 1.29 is 4.79 Å². The smallest absolute Gasteiger partial charge is 0.220 e. The van der Waals surface area contributed by atoms with Crippen molar-refractivity contribution >= 4 is 5.91 Å². The molecule has 0 heterocycles. The molecule has 1 atom stereocenters. The molecule has 114 valence electrons. The van der Waals surface area contributed by atoms with Gasteiger partial charge in [0.1, 0.15) is 0 Å². The molecule has 0 fully saturated rings. The summed E-state index contributed by atoms with van der Waals surface area (Å²) >= 11 is 0. The van der Waals surface area contributed by atoms with Crippen molar-refractivity contribution in [2.45, 2.75) is 52.0 Å². The van der Waals surface area contributed by atoms with Gasteiger partial charge in [-0.2, -0.15) is 0 Å². The standard InChI is InChI=1S/C18H26N2O/c1-3-4-5-6-12-18(21)20-15(2)17-11-7-9-16(14-17)10-8-13-19/h7,9,11,14-15H,3-6,12-13,19H2,1-2H3,(H,20,21). The van der Waals surface area contributed by atoms with Crippen molar-refractivity contribution in [2.75, 3.05) is 6.54 Å². The van der Waals surface area contributed by atoms with Gasteiger partial charge < -0.3 is 11.1 Å². The van der Waals surface area contributed by atoms with Crippen LogP contribution in [0.15, 0.2) is 24.3 Å². The summed E-state index contributed by atoms with van der Waals surface area (Å²) in [6.45, 7) is 4.52. The molecule has 3 heteroatoms. The fraction of sp³-hybridized carbons (Fsp3) is 0.500. The predicted molar refractivity (Wildman–Crippen MR) is 87.7 cm³/mol. The van der Waals surface area contributed by atoms with Crippen LogP contribution in [0.25, 0.3) is 0 Å². The number of nitrogens with two attached hydrogens (primary N) is 1. The third-order valence-electron chi connectivity index (χ3n) is 3.36. The van der Waals surface area contributed by atoms with Crippen LogP contribution in [0, 0.1) is 11.8 Å². The molecule has 0 aliphatic heterocycles. The Kier molecular flexibility index (Phi) is 8.23. The minimum Gasteiger partial charge on any atom is -0.350 e. The summed E-state index contributed by atoms with van der Waals surface area (Å²) in [5, 5.41) is 3.04. The second kappa shape index (κ2) is 10.0. The Balaban J connectivity index is 2.51. The monoisotopic (exact) mass is 286 g/mol. The van der Waals surface area contributed by atoms with Gasteiger partial charge in [0.2, 0.25) is 5.91 Å². The molecule has 3 N–H and O–H groups in total. The number of carbonyl (C=O) groups excluding carboxylic acids is 1. The van der Waals surface area contributed by atoms with Gasteiger partial charge in [0.05, 0.1) is 12.6 Å². The van der Waals surface area contributed by atoms with Crippen molar-refractivity contribution in [1.82, 2.24) is 5.32 Å². The van der Waals surface area contributed by atoms with E-state index < -0.39 is 0 Å². The molecule has 0 saturated carbocycles. The predicted octanol–water partition coefficient (Wildman–Crippen LogP) is 3.14. The lowest BCUT2D eigenvalue weighted by molar-refractivity contribution is -0.121. The molecule has 1 rings (SSSR count). The molecule has 0 radical (unpaired) electrons. The number of nitrogens with one attached hydrogen (secondary N) is 1. The Morgan fingerprint density at radius 2 is 2.14 bits per heavy atom. The number of hydrogen-bond donors (Lipinski definition) is 2. The highest BCUT2D eigenvalue weighted by Crippen LogP contribution is 2.14. The zero-order valence-corrected chi connectivity index (χ0v) is 13.1. The average Bonchev–Trinajstić information content (AvgIpc) is 2.50. The van der Waals surface area contributed by atoms with Gasteiger partial charge in [0.15, 0.2) is 0 Å². The normalized spacial score (nSPS) is 11.4. The molecular weight excluding hydrogens is 260 g/mol. The lowest BCUT2D eigenvalue weighted by Crippen LogP contribution is -2.26. The van der Waals surface area contributed by atoms with Gasteiger partial charge in [-0.25, -0.2) is 0 Å². The first kappa shape index (κ1) is 17.3. The maximum Gasteiger partial charge on any atom is 0.220 e. The van der Waals surface area contributed by atoms with Crippen LogP contribution in [0.4, 0.5) is 0 Å². The summed E-state index contributed by atoms with van der Waals surface area (Å²) in [6.07, 6.45) is 5.09. The molecule has 1 aromatic carbocycles. The third kappa shape index (κ3) is 6.97. The van der Waals surface area contributed by atoms with Crippen LogP contribution in [-0.2, 0) is 4.79 Å². The van der Waals surface area contributed by atoms with Gasteiger partial charge in [0, 0.05) is 12.0 Å². The van der Waals surface area contributed by atoms with E-state index in [1.54, 1.807) is 0 Å². The molecule has 1 amide bonds. The fourth-order valence-corrected chi connectivity index (χ4v) is 2.15. The maximum atomic E-state index is 11.9. The molecule has 0 saturated heterocycles. The Bertz CT molecular complexity index is 499. The first-order chi connectivity index (χ1) is 10.2. The van der Waals surface area contributed by atoms with Crippen molar-refractivity contribution in [3.63, 3.8) is 0 Å². The van der Waals surface area contributed by atoms with Crippen LogP contribution in [0.3, 0.4) is 0 Å². The van der Waals surface area contributed by atoms with E-state index in [1.165, 1.54) is 12.8 Å². The van der Waals surface area contributed by atoms with Gasteiger partial charge in [-0.15, -0.1) is 0 Å². The maximum absolute atomic E-state index is 11.9. The molecular formula is C18H26N2O. The summed E-state index contributed by atoms with van der Waals surface area (Å²) in [5.41, 5.74) is 7.38. The molecule has 21 heavy (non-hydrogen) atoms.